The summed E-state index contributed by atoms with van der Waals surface area (Å²) in [5.41, 5.74) is 0. The molecule has 1 aliphatic heterocycles. The van der Waals surface area contributed by atoms with Gasteiger partial charge in [0.1, 0.15) is 5.76 Å². The molecular formula is C20H33N5O3. The first-order valence-electron chi connectivity index (χ1n) is 10.5. The number of piperazine rings is 1. The van der Waals surface area contributed by atoms with Gasteiger partial charge in [-0.1, -0.05) is 24.9 Å². The van der Waals surface area contributed by atoms with Crippen LogP contribution in [0.4, 0.5) is 5.82 Å². The lowest BCUT2D eigenvalue weighted by Crippen LogP contribution is -2.57. The van der Waals surface area contributed by atoms with E-state index in [9.17, 15) is 9.59 Å². The number of carbonyl (C=O) groups is 2. The molecule has 2 fully saturated rings. The Morgan fingerprint density at radius 3 is 2.46 bits per heavy atom. The average molecular weight is 392 g/mol. The van der Waals surface area contributed by atoms with Crippen molar-refractivity contribution in [2.24, 2.45) is 0 Å². The van der Waals surface area contributed by atoms with Crippen LogP contribution in [-0.4, -0.2) is 71.1 Å². The molecular weight excluding hydrogens is 358 g/mol. The van der Waals surface area contributed by atoms with Gasteiger partial charge in [0.25, 0.3) is 0 Å². The Kier molecular flexibility index (Phi) is 7.07. The van der Waals surface area contributed by atoms with Crippen molar-refractivity contribution in [1.82, 2.24) is 20.3 Å². The summed E-state index contributed by atoms with van der Waals surface area (Å²) < 4.78 is 5.04. The second-order valence-electron chi connectivity index (χ2n) is 8.00. The molecule has 1 aromatic heterocycles. The summed E-state index contributed by atoms with van der Waals surface area (Å²) in [6, 6.07) is 1.81. The molecule has 1 saturated carbocycles. The second kappa shape index (κ2) is 9.52. The van der Waals surface area contributed by atoms with E-state index in [1.54, 1.807) is 13.0 Å². The van der Waals surface area contributed by atoms with Crippen LogP contribution in [0.5, 0.6) is 0 Å². The topological polar surface area (TPSA) is 90.7 Å². The minimum absolute atomic E-state index is 0.0327. The van der Waals surface area contributed by atoms with Crippen LogP contribution >= 0.6 is 0 Å². The molecule has 2 N–H and O–H groups in total. The van der Waals surface area contributed by atoms with Crippen LogP contribution in [0.2, 0.25) is 0 Å². The van der Waals surface area contributed by atoms with Gasteiger partial charge >= 0.3 is 0 Å². The molecule has 156 valence electrons. The van der Waals surface area contributed by atoms with Gasteiger partial charge in [-0.15, -0.1) is 0 Å². The maximum Gasteiger partial charge on any atom is 0.242 e. The third-order valence-electron chi connectivity index (χ3n) is 5.65. The van der Waals surface area contributed by atoms with Crippen LogP contribution in [0.25, 0.3) is 0 Å². The van der Waals surface area contributed by atoms with Gasteiger partial charge in [0.2, 0.25) is 11.8 Å². The zero-order chi connectivity index (χ0) is 20.1. The number of hydrogen-bond acceptors (Lipinski definition) is 6. The summed E-state index contributed by atoms with van der Waals surface area (Å²) in [4.78, 5) is 29.6. The summed E-state index contributed by atoms with van der Waals surface area (Å²) in [5.74, 6) is 1.23. The van der Waals surface area contributed by atoms with E-state index in [-0.39, 0.29) is 23.9 Å². The van der Waals surface area contributed by atoms with Gasteiger partial charge in [-0.2, -0.15) is 0 Å². The molecule has 2 amide bonds. The first kappa shape index (κ1) is 20.8. The zero-order valence-corrected chi connectivity index (χ0v) is 17.2. The van der Waals surface area contributed by atoms with E-state index in [4.69, 9.17) is 4.52 Å². The normalized spacial score (nSPS) is 20.5. The Morgan fingerprint density at radius 1 is 1.21 bits per heavy atom. The second-order valence-corrected chi connectivity index (χ2v) is 8.00. The lowest BCUT2D eigenvalue weighted by Gasteiger charge is -2.40. The highest BCUT2D eigenvalue weighted by atomic mass is 16.5. The van der Waals surface area contributed by atoms with Crippen LogP contribution in [0.1, 0.15) is 51.7 Å². The van der Waals surface area contributed by atoms with Crippen molar-refractivity contribution in [1.29, 1.82) is 0 Å². The van der Waals surface area contributed by atoms with Gasteiger partial charge in [-0.05, 0) is 33.1 Å². The number of amides is 2. The van der Waals surface area contributed by atoms with E-state index in [1.165, 1.54) is 0 Å². The summed E-state index contributed by atoms with van der Waals surface area (Å²) in [7, 11) is 0. The zero-order valence-electron chi connectivity index (χ0n) is 17.2. The van der Waals surface area contributed by atoms with E-state index < -0.39 is 0 Å². The number of carbonyl (C=O) groups excluding carboxylic acids is 2. The number of hydrogen-bond donors (Lipinski definition) is 2. The van der Waals surface area contributed by atoms with E-state index in [2.05, 4.69) is 32.5 Å². The molecule has 2 heterocycles. The van der Waals surface area contributed by atoms with E-state index >= 15 is 0 Å². The van der Waals surface area contributed by atoms with Gasteiger partial charge in [-0.25, -0.2) is 0 Å². The number of aryl methyl sites for hydroxylation is 1. The van der Waals surface area contributed by atoms with Crippen LogP contribution in [-0.2, 0) is 9.59 Å². The van der Waals surface area contributed by atoms with E-state index in [0.29, 0.717) is 17.6 Å². The van der Waals surface area contributed by atoms with Crippen molar-refractivity contribution in [3.05, 3.63) is 11.8 Å². The molecule has 1 aromatic rings. The van der Waals surface area contributed by atoms with Crippen molar-refractivity contribution in [3.8, 4) is 0 Å². The van der Waals surface area contributed by atoms with Crippen molar-refractivity contribution in [2.75, 3.05) is 31.5 Å². The Balaban J connectivity index is 1.54. The fourth-order valence-corrected chi connectivity index (χ4v) is 3.66. The molecule has 2 unspecified atom stereocenters. The molecule has 0 aromatic carbocycles. The molecule has 2 aliphatic rings. The molecule has 0 spiro atoms. The highest BCUT2D eigenvalue weighted by Crippen LogP contribution is 2.20. The largest absolute Gasteiger partial charge is 0.360 e. The third kappa shape index (κ3) is 5.54. The minimum atomic E-state index is -0.185. The fourth-order valence-electron chi connectivity index (χ4n) is 3.66. The van der Waals surface area contributed by atoms with Gasteiger partial charge in [-0.3, -0.25) is 19.4 Å². The Labute approximate surface area is 167 Å². The molecule has 0 radical (unpaired) electrons. The molecule has 8 nitrogen and oxygen atoms in total. The molecule has 0 bridgehead atoms. The monoisotopic (exact) mass is 391 g/mol. The van der Waals surface area contributed by atoms with Crippen LogP contribution in [0.3, 0.4) is 0 Å². The fraction of sp³-hybridized carbons (Fsp3) is 0.750. The molecule has 8 heteroatoms. The first-order valence-corrected chi connectivity index (χ1v) is 10.5. The van der Waals surface area contributed by atoms with Crippen molar-refractivity contribution in [2.45, 2.75) is 71.0 Å². The SMILES string of the molecule is CCCCC(C(=O)Nc1cc(C)on1)N1CCN(C(C)C(=O)NC2CC2)CC1. The smallest absolute Gasteiger partial charge is 0.242 e. The van der Waals surface area contributed by atoms with Crippen molar-refractivity contribution < 1.29 is 14.1 Å². The number of nitrogens with zero attached hydrogens (tertiary/aromatic N) is 3. The molecule has 28 heavy (non-hydrogen) atoms. The van der Waals surface area contributed by atoms with Crippen LogP contribution in [0.15, 0.2) is 10.6 Å². The molecule has 3 rings (SSSR count). The minimum Gasteiger partial charge on any atom is -0.360 e. The Hall–Kier alpha value is -1.93. The lowest BCUT2D eigenvalue weighted by molar-refractivity contribution is -0.128. The summed E-state index contributed by atoms with van der Waals surface area (Å²) in [6.45, 7) is 9.05. The maximum atomic E-state index is 12.9. The summed E-state index contributed by atoms with van der Waals surface area (Å²) in [5, 5.41) is 9.84. The molecule has 1 saturated heterocycles. The van der Waals surface area contributed by atoms with Crippen LogP contribution in [0, 0.1) is 6.92 Å². The Morgan fingerprint density at radius 2 is 1.89 bits per heavy atom. The summed E-state index contributed by atoms with van der Waals surface area (Å²) in [6.07, 6.45) is 5.06. The standard InChI is InChI=1S/C20H33N5O3/c1-4-5-6-17(20(27)22-18-13-14(2)28-23-18)25-11-9-24(10-12-25)15(3)19(26)21-16-7-8-16/h13,15-17H,4-12H2,1-3H3,(H,21,26)(H,22,23,27). The van der Waals surface area contributed by atoms with Crippen molar-refractivity contribution in [3.63, 3.8) is 0 Å². The van der Waals surface area contributed by atoms with E-state index in [0.717, 1.165) is 58.3 Å². The third-order valence-corrected chi connectivity index (χ3v) is 5.65. The highest BCUT2D eigenvalue weighted by molar-refractivity contribution is 5.94. The summed E-state index contributed by atoms with van der Waals surface area (Å²) >= 11 is 0. The highest BCUT2D eigenvalue weighted by Gasteiger charge is 2.33. The number of unbranched alkanes of at least 4 members (excludes halogenated alkanes) is 1. The van der Waals surface area contributed by atoms with Crippen molar-refractivity contribution >= 4 is 17.6 Å². The van der Waals surface area contributed by atoms with Crippen LogP contribution < -0.4 is 10.6 Å². The maximum absolute atomic E-state index is 12.9. The lowest BCUT2D eigenvalue weighted by atomic mass is 10.1. The average Bonchev–Trinajstić information content (AvgIpc) is 3.41. The molecule has 2 atom stereocenters. The predicted octanol–water partition coefficient (Wildman–Crippen LogP) is 1.77. The number of nitrogens with one attached hydrogen (secondary N) is 2. The van der Waals surface area contributed by atoms with Gasteiger partial charge in [0.15, 0.2) is 5.82 Å². The molecule has 1 aliphatic carbocycles. The van der Waals surface area contributed by atoms with Gasteiger partial charge < -0.3 is 15.2 Å². The quantitative estimate of drug-likeness (QED) is 0.667. The van der Waals surface area contributed by atoms with Gasteiger partial charge in [0.05, 0.1) is 12.1 Å². The number of anilines is 1. The number of aromatic nitrogens is 1. The van der Waals surface area contributed by atoms with E-state index in [1.807, 2.05) is 6.92 Å². The number of rotatable bonds is 9. The first-order chi connectivity index (χ1) is 13.5. The predicted molar refractivity (Wildman–Crippen MR) is 107 cm³/mol. The van der Waals surface area contributed by atoms with Gasteiger partial charge in [0, 0.05) is 38.3 Å². The Bertz CT molecular complexity index is 665.